The molecule has 1 aliphatic heterocycles. The van der Waals surface area contributed by atoms with E-state index >= 15 is 0 Å². The van der Waals surface area contributed by atoms with E-state index in [0.29, 0.717) is 6.42 Å². The molecule has 4 heteroatoms. The molecule has 1 saturated carbocycles. The number of ether oxygens (including phenoxy) is 3. The van der Waals surface area contributed by atoms with Crippen molar-refractivity contribution in [1.29, 1.82) is 0 Å². The van der Waals surface area contributed by atoms with Gasteiger partial charge in [-0.2, -0.15) is 0 Å². The highest BCUT2D eigenvalue weighted by Crippen LogP contribution is 2.50. The summed E-state index contributed by atoms with van der Waals surface area (Å²) in [6.07, 6.45) is 2.13. The van der Waals surface area contributed by atoms with E-state index in [-0.39, 0.29) is 11.7 Å². The van der Waals surface area contributed by atoms with Crippen molar-refractivity contribution in [2.45, 2.75) is 37.1 Å². The van der Waals surface area contributed by atoms with Crippen LogP contribution in [0.1, 0.15) is 30.9 Å². The van der Waals surface area contributed by atoms with E-state index in [2.05, 4.69) is 0 Å². The Kier molecular flexibility index (Phi) is 2.72. The van der Waals surface area contributed by atoms with Crippen molar-refractivity contribution in [3.63, 3.8) is 0 Å². The van der Waals surface area contributed by atoms with E-state index in [1.165, 1.54) is 0 Å². The lowest BCUT2D eigenvalue weighted by molar-refractivity contribution is -0.139. The maximum absolute atomic E-state index is 10.2. The van der Waals surface area contributed by atoms with Crippen LogP contribution in [-0.4, -0.2) is 31.0 Å². The molecule has 3 rings (SSSR count). The molecule has 0 bridgehead atoms. The standard InChI is InChI=1S/C14H18O4/c1-16-9-3-4-11-12(15)8-14(18-13(11)5-9)6-10(7-14)17-2/h3-5,10,12,15H,6-8H2,1-2H3/t10?,12-,14?/m1/s1. The minimum absolute atomic E-state index is 0.251. The molecule has 0 saturated heterocycles. The van der Waals surface area contributed by atoms with Crippen LogP contribution in [0.5, 0.6) is 11.5 Å². The van der Waals surface area contributed by atoms with Crippen molar-refractivity contribution in [3.8, 4) is 11.5 Å². The molecular weight excluding hydrogens is 232 g/mol. The van der Waals surface area contributed by atoms with E-state index in [1.54, 1.807) is 14.2 Å². The van der Waals surface area contributed by atoms with Gasteiger partial charge in [0.05, 0.1) is 19.3 Å². The van der Waals surface area contributed by atoms with Gasteiger partial charge in [-0.3, -0.25) is 0 Å². The van der Waals surface area contributed by atoms with Gasteiger partial charge in [-0.15, -0.1) is 0 Å². The maximum atomic E-state index is 10.2. The van der Waals surface area contributed by atoms with Crippen LogP contribution in [0.25, 0.3) is 0 Å². The predicted molar refractivity (Wildman–Crippen MR) is 66.0 cm³/mol. The Morgan fingerprint density at radius 2 is 2.06 bits per heavy atom. The van der Waals surface area contributed by atoms with E-state index in [1.807, 2.05) is 18.2 Å². The van der Waals surface area contributed by atoms with Gasteiger partial charge in [-0.25, -0.2) is 0 Å². The van der Waals surface area contributed by atoms with Crippen molar-refractivity contribution in [2.24, 2.45) is 0 Å². The average molecular weight is 250 g/mol. The summed E-state index contributed by atoms with van der Waals surface area (Å²) >= 11 is 0. The molecule has 1 fully saturated rings. The Labute approximate surface area is 106 Å². The SMILES string of the molecule is COc1ccc2c(c1)OC1(CC(OC)C1)C[C@H]2O. The van der Waals surface area contributed by atoms with Gasteiger partial charge in [-0.1, -0.05) is 0 Å². The molecule has 0 unspecified atom stereocenters. The largest absolute Gasteiger partial charge is 0.497 e. The van der Waals surface area contributed by atoms with Crippen LogP contribution >= 0.6 is 0 Å². The third-order valence-electron chi connectivity index (χ3n) is 4.00. The smallest absolute Gasteiger partial charge is 0.129 e. The van der Waals surface area contributed by atoms with Gasteiger partial charge in [0, 0.05) is 38.0 Å². The zero-order valence-electron chi connectivity index (χ0n) is 10.7. The fourth-order valence-electron chi connectivity index (χ4n) is 2.93. The summed E-state index contributed by atoms with van der Waals surface area (Å²) in [5, 5.41) is 10.2. The predicted octanol–water partition coefficient (Wildman–Crippen LogP) is 2.06. The zero-order valence-corrected chi connectivity index (χ0v) is 10.7. The Morgan fingerprint density at radius 3 is 2.72 bits per heavy atom. The van der Waals surface area contributed by atoms with Crippen LogP contribution in [0.4, 0.5) is 0 Å². The summed E-state index contributed by atoms with van der Waals surface area (Å²) in [7, 11) is 3.34. The lowest BCUT2D eigenvalue weighted by Crippen LogP contribution is -2.54. The third kappa shape index (κ3) is 1.76. The van der Waals surface area contributed by atoms with Crippen molar-refractivity contribution in [2.75, 3.05) is 14.2 Å². The average Bonchev–Trinajstić information content (AvgIpc) is 2.34. The molecule has 1 spiro atoms. The summed E-state index contributed by atoms with van der Waals surface area (Å²) in [6.45, 7) is 0. The van der Waals surface area contributed by atoms with Gasteiger partial charge in [-0.05, 0) is 12.1 Å². The summed E-state index contributed by atoms with van der Waals surface area (Å²) < 4.78 is 16.6. The van der Waals surface area contributed by atoms with E-state index < -0.39 is 6.10 Å². The molecule has 4 nitrogen and oxygen atoms in total. The first-order valence-electron chi connectivity index (χ1n) is 6.23. The number of benzene rings is 1. The molecule has 0 aromatic heterocycles. The highest BCUT2D eigenvalue weighted by atomic mass is 16.5. The van der Waals surface area contributed by atoms with E-state index in [0.717, 1.165) is 29.9 Å². The second kappa shape index (κ2) is 4.14. The number of hydrogen-bond donors (Lipinski definition) is 1. The van der Waals surface area contributed by atoms with Gasteiger partial charge >= 0.3 is 0 Å². The van der Waals surface area contributed by atoms with Crippen LogP contribution in [0.2, 0.25) is 0 Å². The lowest BCUT2D eigenvalue weighted by Gasteiger charge is -2.50. The molecule has 1 aliphatic carbocycles. The van der Waals surface area contributed by atoms with Gasteiger partial charge < -0.3 is 19.3 Å². The second-order valence-corrected chi connectivity index (χ2v) is 5.17. The third-order valence-corrected chi connectivity index (χ3v) is 4.00. The number of rotatable bonds is 2. The molecule has 0 amide bonds. The van der Waals surface area contributed by atoms with Crippen molar-refractivity contribution in [1.82, 2.24) is 0 Å². The number of aliphatic hydroxyl groups is 1. The van der Waals surface area contributed by atoms with Crippen LogP contribution in [0.3, 0.4) is 0 Å². The normalized spacial score (nSPS) is 33.5. The minimum Gasteiger partial charge on any atom is -0.497 e. The highest BCUT2D eigenvalue weighted by molar-refractivity contribution is 5.44. The van der Waals surface area contributed by atoms with Crippen molar-refractivity contribution < 1.29 is 19.3 Å². The van der Waals surface area contributed by atoms with Crippen LogP contribution in [0, 0.1) is 0 Å². The summed E-state index contributed by atoms with van der Waals surface area (Å²) in [4.78, 5) is 0. The first-order chi connectivity index (χ1) is 8.65. The van der Waals surface area contributed by atoms with Crippen molar-refractivity contribution in [3.05, 3.63) is 23.8 Å². The summed E-state index contributed by atoms with van der Waals surface area (Å²) in [6, 6.07) is 5.57. The molecule has 1 aromatic carbocycles. The van der Waals surface area contributed by atoms with E-state index in [9.17, 15) is 5.11 Å². The fraction of sp³-hybridized carbons (Fsp3) is 0.571. The molecular formula is C14H18O4. The molecule has 1 atom stereocenters. The first kappa shape index (κ1) is 11.8. The molecule has 18 heavy (non-hydrogen) atoms. The lowest BCUT2D eigenvalue weighted by atomic mass is 9.71. The van der Waals surface area contributed by atoms with Gasteiger partial charge in [0.15, 0.2) is 0 Å². The quantitative estimate of drug-likeness (QED) is 0.872. The molecule has 1 heterocycles. The number of methoxy groups -OCH3 is 2. The van der Waals surface area contributed by atoms with Crippen molar-refractivity contribution >= 4 is 0 Å². The van der Waals surface area contributed by atoms with Crippen LogP contribution in [-0.2, 0) is 4.74 Å². The van der Waals surface area contributed by atoms with E-state index in [4.69, 9.17) is 14.2 Å². The van der Waals surface area contributed by atoms with Crippen LogP contribution < -0.4 is 9.47 Å². The molecule has 2 aliphatic rings. The molecule has 1 aromatic rings. The highest BCUT2D eigenvalue weighted by Gasteiger charge is 2.50. The van der Waals surface area contributed by atoms with Gasteiger partial charge in [0.25, 0.3) is 0 Å². The minimum atomic E-state index is -0.461. The Morgan fingerprint density at radius 1 is 1.28 bits per heavy atom. The summed E-state index contributed by atoms with van der Waals surface area (Å²) in [5.74, 6) is 1.49. The van der Waals surface area contributed by atoms with Crippen LogP contribution in [0.15, 0.2) is 18.2 Å². The van der Waals surface area contributed by atoms with Gasteiger partial charge in [0.2, 0.25) is 0 Å². The number of hydrogen-bond acceptors (Lipinski definition) is 4. The molecule has 98 valence electrons. The molecule has 0 radical (unpaired) electrons. The summed E-state index contributed by atoms with van der Waals surface area (Å²) in [5.41, 5.74) is 0.599. The maximum Gasteiger partial charge on any atom is 0.129 e. The van der Waals surface area contributed by atoms with Gasteiger partial charge in [0.1, 0.15) is 17.1 Å². The Hall–Kier alpha value is -1.26. The number of aliphatic hydroxyl groups excluding tert-OH is 1. The molecule has 1 N–H and O–H groups in total. The fourth-order valence-corrected chi connectivity index (χ4v) is 2.93. The zero-order chi connectivity index (χ0) is 12.8. The Bertz CT molecular complexity index is 451. The second-order valence-electron chi connectivity index (χ2n) is 5.17. The topological polar surface area (TPSA) is 47.9 Å². The Balaban J connectivity index is 1.87. The first-order valence-corrected chi connectivity index (χ1v) is 6.23. The number of fused-ring (bicyclic) bond motifs is 1. The monoisotopic (exact) mass is 250 g/mol.